The topological polar surface area (TPSA) is 68.2 Å². The number of aromatic nitrogens is 2. The molecular weight excluding hydrogens is 244 g/mol. The van der Waals surface area contributed by atoms with Crippen molar-refractivity contribution in [1.82, 2.24) is 15.1 Å². The van der Waals surface area contributed by atoms with Crippen LogP contribution in [-0.4, -0.2) is 41.5 Å². The Bertz CT molecular complexity index is 434. The van der Waals surface area contributed by atoms with Crippen LogP contribution in [0.15, 0.2) is 12.3 Å². The molecule has 2 fully saturated rings. The maximum absolute atomic E-state index is 12.0. The number of hydrogen-bond acceptors (Lipinski definition) is 4. The number of carbonyl (C=O) groups is 1. The molecule has 3 rings (SSSR count). The van der Waals surface area contributed by atoms with E-state index in [0.29, 0.717) is 18.5 Å². The van der Waals surface area contributed by atoms with Gasteiger partial charge in [0.25, 0.3) is 5.91 Å². The summed E-state index contributed by atoms with van der Waals surface area (Å²) in [6, 6.07) is 2.25. The van der Waals surface area contributed by atoms with E-state index in [9.17, 15) is 4.79 Å². The van der Waals surface area contributed by atoms with Gasteiger partial charge in [0.05, 0.1) is 6.04 Å². The number of ether oxygens (including phenoxy) is 1. The molecule has 1 aromatic heterocycles. The molecule has 2 aliphatic heterocycles. The second kappa shape index (κ2) is 5.71. The van der Waals surface area contributed by atoms with Crippen molar-refractivity contribution in [3.63, 3.8) is 0 Å². The first-order chi connectivity index (χ1) is 9.33. The first kappa shape index (κ1) is 12.6. The molecule has 2 N–H and O–H groups in total. The molecule has 0 bridgehead atoms. The first-order valence-corrected chi connectivity index (χ1v) is 7.01. The zero-order valence-corrected chi connectivity index (χ0v) is 11.0. The van der Waals surface area contributed by atoms with Crippen molar-refractivity contribution in [3.05, 3.63) is 12.3 Å². The molecule has 104 valence electrons. The SMILES string of the molecule is O=C(Nc1ccn(C2CCNC2)n1)C1CCCCO1. The number of rotatable bonds is 3. The maximum atomic E-state index is 12.0. The third kappa shape index (κ3) is 2.96. The quantitative estimate of drug-likeness (QED) is 0.852. The largest absolute Gasteiger partial charge is 0.368 e. The molecule has 0 spiro atoms. The summed E-state index contributed by atoms with van der Waals surface area (Å²) in [7, 11) is 0. The molecule has 3 heterocycles. The Hall–Kier alpha value is -1.40. The number of nitrogens with one attached hydrogen (secondary N) is 2. The molecule has 0 radical (unpaired) electrons. The highest BCUT2D eigenvalue weighted by atomic mass is 16.5. The molecule has 1 aromatic rings. The van der Waals surface area contributed by atoms with Crippen LogP contribution in [0.2, 0.25) is 0 Å². The molecule has 1 amide bonds. The lowest BCUT2D eigenvalue weighted by atomic mass is 10.1. The monoisotopic (exact) mass is 264 g/mol. The molecule has 19 heavy (non-hydrogen) atoms. The fourth-order valence-electron chi connectivity index (χ4n) is 2.63. The van der Waals surface area contributed by atoms with E-state index in [-0.39, 0.29) is 12.0 Å². The zero-order valence-electron chi connectivity index (χ0n) is 11.0. The average Bonchev–Trinajstić information content (AvgIpc) is 3.10. The molecule has 2 saturated heterocycles. The molecule has 2 unspecified atom stereocenters. The van der Waals surface area contributed by atoms with Gasteiger partial charge < -0.3 is 15.4 Å². The van der Waals surface area contributed by atoms with Gasteiger partial charge in [-0.1, -0.05) is 0 Å². The van der Waals surface area contributed by atoms with Gasteiger partial charge in [-0.05, 0) is 32.2 Å². The molecule has 2 atom stereocenters. The van der Waals surface area contributed by atoms with Gasteiger partial charge in [-0.15, -0.1) is 0 Å². The van der Waals surface area contributed by atoms with Gasteiger partial charge in [0, 0.05) is 25.4 Å². The van der Waals surface area contributed by atoms with Gasteiger partial charge in [-0.25, -0.2) is 0 Å². The summed E-state index contributed by atoms with van der Waals surface area (Å²) in [5.74, 6) is 0.542. The van der Waals surface area contributed by atoms with Crippen LogP contribution in [-0.2, 0) is 9.53 Å². The standard InChI is InChI=1S/C13H20N4O2/c18-13(11-3-1-2-8-19-11)15-12-5-7-17(16-12)10-4-6-14-9-10/h5,7,10-11,14H,1-4,6,8-9H2,(H,15,16,18). The lowest BCUT2D eigenvalue weighted by Crippen LogP contribution is -2.33. The summed E-state index contributed by atoms with van der Waals surface area (Å²) in [5, 5.41) is 10.6. The predicted octanol–water partition coefficient (Wildman–Crippen LogP) is 0.925. The van der Waals surface area contributed by atoms with Crippen molar-refractivity contribution in [2.24, 2.45) is 0 Å². The normalized spacial score (nSPS) is 27.4. The molecule has 6 heteroatoms. The smallest absolute Gasteiger partial charge is 0.254 e. The highest BCUT2D eigenvalue weighted by Gasteiger charge is 2.23. The molecular formula is C13H20N4O2. The van der Waals surface area contributed by atoms with Gasteiger partial charge in [-0.3, -0.25) is 9.48 Å². The van der Waals surface area contributed by atoms with Gasteiger partial charge in [0.1, 0.15) is 6.10 Å². The van der Waals surface area contributed by atoms with E-state index >= 15 is 0 Å². The van der Waals surface area contributed by atoms with Crippen LogP contribution in [0.3, 0.4) is 0 Å². The van der Waals surface area contributed by atoms with E-state index in [4.69, 9.17) is 4.74 Å². The van der Waals surface area contributed by atoms with Crippen molar-refractivity contribution in [1.29, 1.82) is 0 Å². The Labute approximate surface area is 112 Å². The van der Waals surface area contributed by atoms with Crippen LogP contribution in [0.4, 0.5) is 5.82 Å². The van der Waals surface area contributed by atoms with Crippen molar-refractivity contribution in [2.45, 2.75) is 37.8 Å². The van der Waals surface area contributed by atoms with Crippen molar-refractivity contribution < 1.29 is 9.53 Å². The minimum atomic E-state index is -0.313. The number of amides is 1. The minimum Gasteiger partial charge on any atom is -0.368 e. The zero-order chi connectivity index (χ0) is 13.1. The Morgan fingerprint density at radius 1 is 1.47 bits per heavy atom. The fourth-order valence-corrected chi connectivity index (χ4v) is 2.63. The Kier molecular flexibility index (Phi) is 3.79. The summed E-state index contributed by atoms with van der Waals surface area (Å²) in [6.45, 7) is 2.66. The minimum absolute atomic E-state index is 0.0745. The number of anilines is 1. The Morgan fingerprint density at radius 3 is 3.16 bits per heavy atom. The van der Waals surface area contributed by atoms with Gasteiger partial charge in [-0.2, -0.15) is 5.10 Å². The van der Waals surface area contributed by atoms with Gasteiger partial charge in [0.2, 0.25) is 0 Å². The van der Waals surface area contributed by atoms with Crippen LogP contribution in [0.5, 0.6) is 0 Å². The van der Waals surface area contributed by atoms with E-state index in [1.807, 2.05) is 16.9 Å². The molecule has 6 nitrogen and oxygen atoms in total. The molecule has 0 aliphatic carbocycles. The summed E-state index contributed by atoms with van der Waals surface area (Å²) in [5.41, 5.74) is 0. The van der Waals surface area contributed by atoms with Crippen molar-refractivity contribution in [3.8, 4) is 0 Å². The van der Waals surface area contributed by atoms with Gasteiger partial charge >= 0.3 is 0 Å². The van der Waals surface area contributed by atoms with Crippen molar-refractivity contribution in [2.75, 3.05) is 25.0 Å². The second-order valence-electron chi connectivity index (χ2n) is 5.17. The van der Waals surface area contributed by atoms with E-state index in [0.717, 1.165) is 38.8 Å². The van der Waals surface area contributed by atoms with Gasteiger partial charge in [0.15, 0.2) is 5.82 Å². The van der Waals surface area contributed by atoms with Crippen molar-refractivity contribution >= 4 is 11.7 Å². The summed E-state index contributed by atoms with van der Waals surface area (Å²) in [6.07, 6.45) is 5.61. The number of nitrogens with zero attached hydrogens (tertiary/aromatic N) is 2. The van der Waals surface area contributed by atoms with E-state index in [1.54, 1.807) is 0 Å². The highest BCUT2D eigenvalue weighted by molar-refractivity contribution is 5.93. The first-order valence-electron chi connectivity index (χ1n) is 7.01. The molecule has 0 aromatic carbocycles. The molecule has 2 aliphatic rings. The van der Waals surface area contributed by atoms with Crippen LogP contribution >= 0.6 is 0 Å². The van der Waals surface area contributed by atoms with Crippen LogP contribution in [0.25, 0.3) is 0 Å². The second-order valence-corrected chi connectivity index (χ2v) is 5.17. The summed E-state index contributed by atoms with van der Waals surface area (Å²) in [4.78, 5) is 12.0. The predicted molar refractivity (Wildman–Crippen MR) is 71.0 cm³/mol. The Morgan fingerprint density at radius 2 is 2.42 bits per heavy atom. The summed E-state index contributed by atoms with van der Waals surface area (Å²) < 4.78 is 7.39. The van der Waals surface area contributed by atoms with Crippen LogP contribution in [0.1, 0.15) is 31.7 Å². The molecule has 0 saturated carbocycles. The van der Waals surface area contributed by atoms with E-state index in [2.05, 4.69) is 15.7 Å². The lowest BCUT2D eigenvalue weighted by Gasteiger charge is -2.21. The van der Waals surface area contributed by atoms with E-state index < -0.39 is 0 Å². The fraction of sp³-hybridized carbons (Fsp3) is 0.692. The maximum Gasteiger partial charge on any atom is 0.254 e. The Balaban J connectivity index is 1.58. The third-order valence-electron chi connectivity index (χ3n) is 3.74. The lowest BCUT2D eigenvalue weighted by molar-refractivity contribution is -0.130. The highest BCUT2D eigenvalue weighted by Crippen LogP contribution is 2.17. The van der Waals surface area contributed by atoms with E-state index in [1.165, 1.54) is 0 Å². The number of hydrogen-bond donors (Lipinski definition) is 2. The van der Waals surface area contributed by atoms with Crippen LogP contribution < -0.4 is 10.6 Å². The van der Waals surface area contributed by atoms with Crippen LogP contribution in [0, 0.1) is 0 Å². The summed E-state index contributed by atoms with van der Waals surface area (Å²) >= 11 is 0. The average molecular weight is 264 g/mol. The number of carbonyl (C=O) groups excluding carboxylic acids is 1. The third-order valence-corrected chi connectivity index (χ3v) is 3.74.